The van der Waals surface area contributed by atoms with Crippen molar-refractivity contribution in [3.8, 4) is 11.8 Å². The van der Waals surface area contributed by atoms with Gasteiger partial charge >= 0.3 is 0 Å². The molecule has 1 aliphatic heterocycles. The Morgan fingerprint density at radius 1 is 1.29 bits per heavy atom. The number of aliphatic hydroxyl groups excluding tert-OH is 1. The van der Waals surface area contributed by atoms with E-state index in [2.05, 4.69) is 11.8 Å². The molecule has 1 fully saturated rings. The lowest BCUT2D eigenvalue weighted by atomic mass is 10.1. The van der Waals surface area contributed by atoms with Gasteiger partial charge in [0.2, 0.25) is 0 Å². The Labute approximate surface area is 131 Å². The zero-order valence-electron chi connectivity index (χ0n) is 12.7. The van der Waals surface area contributed by atoms with Gasteiger partial charge in [0.25, 0.3) is 5.91 Å². The van der Waals surface area contributed by atoms with Crippen molar-refractivity contribution in [1.82, 2.24) is 4.90 Å². The summed E-state index contributed by atoms with van der Waals surface area (Å²) in [4.78, 5) is 16.3. The number of thiophene rings is 1. The van der Waals surface area contributed by atoms with E-state index in [1.54, 1.807) is 0 Å². The lowest BCUT2D eigenvalue weighted by Gasteiger charge is -2.24. The molecule has 0 aromatic carbocycles. The molecule has 1 aromatic rings. The van der Waals surface area contributed by atoms with Gasteiger partial charge in [-0.05, 0) is 31.4 Å². The molecular formula is C17H23NO2S. The van der Waals surface area contributed by atoms with Crippen LogP contribution in [0.3, 0.4) is 0 Å². The minimum atomic E-state index is 0.0803. The van der Waals surface area contributed by atoms with Crippen molar-refractivity contribution >= 4 is 17.2 Å². The second-order valence-corrected chi connectivity index (χ2v) is 6.51. The molecule has 3 nitrogen and oxygen atoms in total. The van der Waals surface area contributed by atoms with E-state index in [1.165, 1.54) is 30.6 Å². The highest BCUT2D eigenvalue weighted by Crippen LogP contribution is 2.23. The van der Waals surface area contributed by atoms with Crippen LogP contribution in [0.1, 0.15) is 58.6 Å². The number of carbonyl (C=O) groups excluding carboxylic acids is 1. The third kappa shape index (κ3) is 4.59. The van der Waals surface area contributed by atoms with Gasteiger partial charge in [0.05, 0.1) is 16.4 Å². The van der Waals surface area contributed by atoms with Crippen molar-refractivity contribution in [2.45, 2.75) is 45.4 Å². The normalized spacial score (nSPS) is 15.8. The number of likely N-dealkylation sites (tertiary alicyclic amines) is 1. The van der Waals surface area contributed by atoms with Crippen molar-refractivity contribution in [3.05, 3.63) is 21.4 Å². The quantitative estimate of drug-likeness (QED) is 0.852. The zero-order valence-corrected chi connectivity index (χ0v) is 13.5. The number of hydrogen-bond acceptors (Lipinski definition) is 3. The van der Waals surface area contributed by atoms with Gasteiger partial charge in [-0.1, -0.05) is 31.1 Å². The molecule has 21 heavy (non-hydrogen) atoms. The second-order valence-electron chi connectivity index (χ2n) is 5.46. The van der Waals surface area contributed by atoms with Gasteiger partial charge in [-0.2, -0.15) is 0 Å². The van der Waals surface area contributed by atoms with E-state index < -0.39 is 0 Å². The largest absolute Gasteiger partial charge is 0.395 e. The predicted octanol–water partition coefficient (Wildman–Crippen LogP) is 3.20. The lowest BCUT2D eigenvalue weighted by molar-refractivity contribution is 0.0747. The standard InChI is InChI=1S/C17H23NO2S/c1-14-13-16(21-15(14)9-5-8-12-19)17(20)18-10-6-3-2-4-7-11-18/h13,19H,2-4,6-8,10-12H2,1H3. The van der Waals surface area contributed by atoms with Gasteiger partial charge in [-0.25, -0.2) is 0 Å². The van der Waals surface area contributed by atoms with Crippen LogP contribution in [0.4, 0.5) is 0 Å². The van der Waals surface area contributed by atoms with Crippen molar-refractivity contribution in [2.24, 2.45) is 0 Å². The minimum absolute atomic E-state index is 0.0803. The molecule has 0 spiro atoms. The van der Waals surface area contributed by atoms with E-state index >= 15 is 0 Å². The predicted molar refractivity (Wildman–Crippen MR) is 86.6 cm³/mol. The molecule has 1 amide bonds. The Morgan fingerprint density at radius 2 is 1.95 bits per heavy atom. The molecule has 0 unspecified atom stereocenters. The van der Waals surface area contributed by atoms with Gasteiger partial charge in [0, 0.05) is 19.5 Å². The first kappa shape index (κ1) is 16.1. The van der Waals surface area contributed by atoms with Crippen molar-refractivity contribution in [2.75, 3.05) is 19.7 Å². The van der Waals surface area contributed by atoms with Gasteiger partial charge < -0.3 is 10.0 Å². The molecule has 1 N–H and O–H groups in total. The highest BCUT2D eigenvalue weighted by molar-refractivity contribution is 7.14. The van der Waals surface area contributed by atoms with Crippen LogP contribution in [0.5, 0.6) is 0 Å². The molecule has 2 rings (SSSR count). The molecule has 4 heteroatoms. The first-order valence-electron chi connectivity index (χ1n) is 7.72. The van der Waals surface area contributed by atoms with Gasteiger partial charge in [0.15, 0.2) is 0 Å². The molecule has 0 aliphatic carbocycles. The number of carbonyl (C=O) groups is 1. The number of nitrogens with zero attached hydrogens (tertiary/aromatic N) is 1. The summed E-state index contributed by atoms with van der Waals surface area (Å²) in [6.45, 7) is 3.82. The Bertz CT molecular complexity index is 531. The molecule has 0 radical (unpaired) electrons. The van der Waals surface area contributed by atoms with Gasteiger partial charge in [0.1, 0.15) is 0 Å². The van der Waals surface area contributed by atoms with Crippen LogP contribution in [0.15, 0.2) is 6.07 Å². The van der Waals surface area contributed by atoms with Crippen LogP contribution in [-0.2, 0) is 0 Å². The summed E-state index contributed by atoms with van der Waals surface area (Å²) < 4.78 is 0. The lowest BCUT2D eigenvalue weighted by Crippen LogP contribution is -2.33. The first-order chi connectivity index (χ1) is 10.2. The van der Waals surface area contributed by atoms with E-state index in [0.29, 0.717) is 6.42 Å². The molecule has 2 heterocycles. The third-order valence-corrected chi connectivity index (χ3v) is 4.85. The van der Waals surface area contributed by atoms with Gasteiger partial charge in [-0.15, -0.1) is 11.3 Å². The highest BCUT2D eigenvalue weighted by Gasteiger charge is 2.19. The molecule has 1 aliphatic rings. The number of aryl methyl sites for hydroxylation is 1. The van der Waals surface area contributed by atoms with E-state index in [9.17, 15) is 4.79 Å². The van der Waals surface area contributed by atoms with Crippen LogP contribution in [0.25, 0.3) is 0 Å². The Balaban J connectivity index is 2.08. The molecule has 1 aromatic heterocycles. The third-order valence-electron chi connectivity index (χ3n) is 3.71. The number of hydrogen-bond donors (Lipinski definition) is 1. The summed E-state index contributed by atoms with van der Waals surface area (Å²) >= 11 is 1.48. The van der Waals surface area contributed by atoms with Crippen LogP contribution in [0.2, 0.25) is 0 Å². The fraction of sp³-hybridized carbons (Fsp3) is 0.588. The summed E-state index contributed by atoms with van der Waals surface area (Å²) in [6.07, 6.45) is 6.45. The molecule has 0 saturated carbocycles. The number of rotatable bonds is 2. The monoisotopic (exact) mass is 305 g/mol. The van der Waals surface area contributed by atoms with Crippen LogP contribution < -0.4 is 0 Å². The first-order valence-corrected chi connectivity index (χ1v) is 8.53. The topological polar surface area (TPSA) is 40.5 Å². The van der Waals surface area contributed by atoms with Crippen LogP contribution >= 0.6 is 11.3 Å². The molecule has 0 bridgehead atoms. The van der Waals surface area contributed by atoms with E-state index in [4.69, 9.17) is 5.11 Å². The summed E-state index contributed by atoms with van der Waals surface area (Å²) in [5.74, 6) is 6.13. The van der Waals surface area contributed by atoms with E-state index in [1.807, 2.05) is 17.9 Å². The summed E-state index contributed by atoms with van der Waals surface area (Å²) in [5.41, 5.74) is 1.06. The van der Waals surface area contributed by atoms with Crippen LogP contribution in [0, 0.1) is 18.8 Å². The Kier molecular flexibility index (Phi) is 6.28. The Hall–Kier alpha value is -1.31. The summed E-state index contributed by atoms with van der Waals surface area (Å²) in [5, 5.41) is 8.77. The van der Waals surface area contributed by atoms with Crippen molar-refractivity contribution in [1.29, 1.82) is 0 Å². The maximum atomic E-state index is 12.6. The number of aliphatic hydroxyl groups is 1. The van der Waals surface area contributed by atoms with E-state index in [-0.39, 0.29) is 12.5 Å². The van der Waals surface area contributed by atoms with E-state index in [0.717, 1.165) is 41.2 Å². The van der Waals surface area contributed by atoms with Crippen LogP contribution in [-0.4, -0.2) is 35.6 Å². The van der Waals surface area contributed by atoms with Crippen molar-refractivity contribution in [3.63, 3.8) is 0 Å². The van der Waals surface area contributed by atoms with Gasteiger partial charge in [-0.3, -0.25) is 4.79 Å². The summed E-state index contributed by atoms with van der Waals surface area (Å²) in [7, 11) is 0. The number of amides is 1. The second kappa shape index (κ2) is 8.21. The molecular weight excluding hydrogens is 282 g/mol. The maximum Gasteiger partial charge on any atom is 0.263 e. The SMILES string of the molecule is Cc1cc(C(=O)N2CCCCCCC2)sc1C#CCCO. The average molecular weight is 305 g/mol. The maximum absolute atomic E-state index is 12.6. The minimum Gasteiger partial charge on any atom is -0.395 e. The Morgan fingerprint density at radius 3 is 2.62 bits per heavy atom. The smallest absolute Gasteiger partial charge is 0.263 e. The fourth-order valence-electron chi connectivity index (χ4n) is 2.52. The highest BCUT2D eigenvalue weighted by atomic mass is 32.1. The molecule has 0 atom stereocenters. The fourth-order valence-corrected chi connectivity index (χ4v) is 3.53. The zero-order chi connectivity index (χ0) is 15.1. The molecule has 1 saturated heterocycles. The summed E-state index contributed by atoms with van der Waals surface area (Å²) in [6, 6.07) is 1.95. The average Bonchev–Trinajstić information content (AvgIpc) is 2.80. The van der Waals surface area contributed by atoms with Crippen molar-refractivity contribution < 1.29 is 9.90 Å². The molecule has 114 valence electrons.